The molecule has 2 N–H and O–H groups in total. The Hall–Kier alpha value is -3.38. The Balaban J connectivity index is 1.99. The third-order valence-corrected chi connectivity index (χ3v) is 3.90. The zero-order chi connectivity index (χ0) is 22.3. The van der Waals surface area contributed by atoms with Gasteiger partial charge in [0.25, 0.3) is 5.89 Å². The normalized spacial score (nSPS) is 13.3. The molecule has 160 valence electrons. The number of aryl methyl sites for hydroxylation is 1. The van der Waals surface area contributed by atoms with Crippen LogP contribution in [0.5, 0.6) is 5.75 Å². The van der Waals surface area contributed by atoms with Crippen LogP contribution >= 0.6 is 0 Å². The number of nitrogens with zero attached hydrogens (tertiary/aromatic N) is 4. The number of halogens is 6. The highest BCUT2D eigenvalue weighted by Gasteiger charge is 2.41. The molecule has 2 aromatic heterocycles. The first-order valence-corrected chi connectivity index (χ1v) is 8.24. The van der Waals surface area contributed by atoms with Crippen molar-refractivity contribution in [2.75, 3.05) is 5.73 Å². The number of aromatic nitrogens is 4. The second kappa shape index (κ2) is 7.46. The van der Waals surface area contributed by atoms with E-state index in [2.05, 4.69) is 24.8 Å². The summed E-state index contributed by atoms with van der Waals surface area (Å²) in [4.78, 5) is 11.8. The van der Waals surface area contributed by atoms with Gasteiger partial charge in [0.1, 0.15) is 17.4 Å². The third kappa shape index (κ3) is 4.44. The molecule has 3 aromatic rings. The van der Waals surface area contributed by atoms with E-state index >= 15 is 0 Å². The lowest BCUT2D eigenvalue weighted by Crippen LogP contribution is -2.31. The van der Waals surface area contributed by atoms with Crippen molar-refractivity contribution < 1.29 is 35.6 Å². The van der Waals surface area contributed by atoms with Crippen LogP contribution in [0.15, 0.2) is 28.9 Å². The Morgan fingerprint density at radius 3 is 2.40 bits per heavy atom. The number of hydrogen-bond acceptors (Lipinski definition) is 7. The van der Waals surface area contributed by atoms with Gasteiger partial charge in [0.15, 0.2) is 6.10 Å². The molecule has 1 unspecified atom stereocenters. The van der Waals surface area contributed by atoms with Gasteiger partial charge in [0.2, 0.25) is 5.82 Å². The lowest BCUT2D eigenvalue weighted by Gasteiger charge is -2.20. The van der Waals surface area contributed by atoms with Crippen LogP contribution in [-0.4, -0.2) is 32.4 Å². The maximum absolute atomic E-state index is 13.4. The van der Waals surface area contributed by atoms with Crippen LogP contribution in [0.25, 0.3) is 22.8 Å². The first kappa shape index (κ1) is 21.3. The Kier molecular flexibility index (Phi) is 5.31. The van der Waals surface area contributed by atoms with E-state index in [1.807, 2.05) is 0 Å². The quantitative estimate of drug-likeness (QED) is 0.608. The smallest absolute Gasteiger partial charge is 0.425 e. The number of benzene rings is 1. The molecule has 0 aliphatic heterocycles. The largest absolute Gasteiger partial charge is 0.481 e. The average Bonchev–Trinajstić information content (AvgIpc) is 3.10. The van der Waals surface area contributed by atoms with E-state index in [0.717, 1.165) is 12.1 Å². The zero-order valence-electron chi connectivity index (χ0n) is 15.3. The van der Waals surface area contributed by atoms with Gasteiger partial charge in [-0.2, -0.15) is 31.3 Å². The van der Waals surface area contributed by atoms with Crippen LogP contribution in [0.2, 0.25) is 0 Å². The Morgan fingerprint density at radius 2 is 1.80 bits per heavy atom. The van der Waals surface area contributed by atoms with E-state index in [1.165, 1.54) is 6.20 Å². The summed E-state index contributed by atoms with van der Waals surface area (Å²) in [5.41, 5.74) is 4.35. The standard InChI is InChI=1S/C17H13F6N5O2/c1-7(16(18,19)20)29-12-4-3-9(5-11(12)17(21,22)23)15-27-14(28-30-15)10-6-25-8(2)26-13(10)24/h3-7H,1-2H3,(H2,24,25,26). The fraction of sp³-hybridized carbons (Fsp3) is 0.294. The van der Waals surface area contributed by atoms with Crippen molar-refractivity contribution >= 4 is 5.82 Å². The predicted octanol–water partition coefficient (Wildman–Crippen LogP) is 4.43. The number of nitrogens with two attached hydrogens (primary N) is 1. The Bertz CT molecular complexity index is 1060. The molecule has 0 aliphatic rings. The summed E-state index contributed by atoms with van der Waals surface area (Å²) in [6.07, 6.45) is -10.9. The number of anilines is 1. The zero-order valence-corrected chi connectivity index (χ0v) is 15.3. The van der Waals surface area contributed by atoms with Gasteiger partial charge in [-0.25, -0.2) is 9.97 Å². The van der Waals surface area contributed by atoms with Crippen LogP contribution in [0, 0.1) is 6.92 Å². The number of nitrogen functional groups attached to an aromatic ring is 1. The van der Waals surface area contributed by atoms with E-state index in [1.54, 1.807) is 6.92 Å². The molecular weight excluding hydrogens is 420 g/mol. The van der Waals surface area contributed by atoms with Crippen molar-refractivity contribution in [3.8, 4) is 28.6 Å². The molecule has 1 atom stereocenters. The molecule has 7 nitrogen and oxygen atoms in total. The minimum atomic E-state index is -4.99. The summed E-state index contributed by atoms with van der Waals surface area (Å²) < 4.78 is 87.6. The van der Waals surface area contributed by atoms with Gasteiger partial charge in [0, 0.05) is 11.8 Å². The molecule has 0 fully saturated rings. The fourth-order valence-electron chi connectivity index (χ4n) is 2.35. The maximum Gasteiger partial charge on any atom is 0.425 e. The molecule has 0 spiro atoms. The molecule has 0 amide bonds. The third-order valence-electron chi connectivity index (χ3n) is 3.90. The van der Waals surface area contributed by atoms with E-state index < -0.39 is 29.8 Å². The highest BCUT2D eigenvalue weighted by molar-refractivity contribution is 5.68. The number of rotatable bonds is 4. The van der Waals surface area contributed by atoms with Crippen molar-refractivity contribution in [1.82, 2.24) is 20.1 Å². The number of alkyl halides is 6. The van der Waals surface area contributed by atoms with Crippen molar-refractivity contribution in [2.45, 2.75) is 32.3 Å². The SMILES string of the molecule is Cc1ncc(-c2noc(-c3ccc(OC(C)C(F)(F)F)c(C(F)(F)F)c3)n2)c(N)n1. The van der Waals surface area contributed by atoms with E-state index in [-0.39, 0.29) is 28.7 Å². The van der Waals surface area contributed by atoms with Gasteiger partial charge in [0.05, 0.1) is 11.1 Å². The van der Waals surface area contributed by atoms with Crippen LogP contribution in [-0.2, 0) is 6.18 Å². The molecule has 2 heterocycles. The van der Waals surface area contributed by atoms with Crippen LogP contribution in [0.4, 0.5) is 32.2 Å². The molecule has 3 rings (SSSR count). The second-order valence-corrected chi connectivity index (χ2v) is 6.15. The number of hydrogen-bond donors (Lipinski definition) is 1. The van der Waals surface area contributed by atoms with Crippen molar-refractivity contribution in [2.24, 2.45) is 0 Å². The van der Waals surface area contributed by atoms with Crippen molar-refractivity contribution in [3.05, 3.63) is 35.8 Å². The van der Waals surface area contributed by atoms with Crippen LogP contribution in [0.1, 0.15) is 18.3 Å². The Labute approximate surface area is 164 Å². The molecule has 0 saturated carbocycles. The van der Waals surface area contributed by atoms with E-state index in [0.29, 0.717) is 18.8 Å². The summed E-state index contributed by atoms with van der Waals surface area (Å²) in [7, 11) is 0. The summed E-state index contributed by atoms with van der Waals surface area (Å²) in [6.45, 7) is 2.20. The van der Waals surface area contributed by atoms with Gasteiger partial charge >= 0.3 is 12.4 Å². The molecule has 0 radical (unpaired) electrons. The topological polar surface area (TPSA) is 100.0 Å². The van der Waals surface area contributed by atoms with E-state index in [4.69, 9.17) is 10.3 Å². The molecule has 13 heteroatoms. The monoisotopic (exact) mass is 433 g/mol. The van der Waals surface area contributed by atoms with Gasteiger partial charge in [-0.3, -0.25) is 0 Å². The van der Waals surface area contributed by atoms with Gasteiger partial charge in [-0.1, -0.05) is 5.16 Å². The molecule has 0 bridgehead atoms. The lowest BCUT2D eigenvalue weighted by atomic mass is 10.1. The second-order valence-electron chi connectivity index (χ2n) is 6.15. The van der Waals surface area contributed by atoms with Crippen LogP contribution in [0.3, 0.4) is 0 Å². The van der Waals surface area contributed by atoms with Crippen LogP contribution < -0.4 is 10.5 Å². The maximum atomic E-state index is 13.4. The Morgan fingerprint density at radius 1 is 1.10 bits per heavy atom. The molecular formula is C17H13F6N5O2. The van der Waals surface area contributed by atoms with Crippen molar-refractivity contribution in [3.63, 3.8) is 0 Å². The summed E-state index contributed by atoms with van der Waals surface area (Å²) >= 11 is 0. The van der Waals surface area contributed by atoms with E-state index in [9.17, 15) is 26.3 Å². The molecule has 0 saturated heterocycles. The molecule has 0 aliphatic carbocycles. The highest BCUT2D eigenvalue weighted by Crippen LogP contribution is 2.40. The molecule has 1 aromatic carbocycles. The molecule has 30 heavy (non-hydrogen) atoms. The predicted molar refractivity (Wildman–Crippen MR) is 91.1 cm³/mol. The average molecular weight is 433 g/mol. The fourth-order valence-corrected chi connectivity index (χ4v) is 2.35. The minimum Gasteiger partial charge on any atom is -0.481 e. The minimum absolute atomic E-state index is 0.0377. The van der Waals surface area contributed by atoms with Gasteiger partial charge < -0.3 is 15.0 Å². The summed E-state index contributed by atoms with van der Waals surface area (Å²) in [5.74, 6) is -0.936. The summed E-state index contributed by atoms with van der Waals surface area (Å²) in [6, 6.07) is 2.39. The van der Waals surface area contributed by atoms with Crippen molar-refractivity contribution in [1.29, 1.82) is 0 Å². The first-order chi connectivity index (χ1) is 13.9. The highest BCUT2D eigenvalue weighted by atomic mass is 19.4. The number of ether oxygens (including phenoxy) is 1. The van der Waals surface area contributed by atoms with Gasteiger partial charge in [-0.05, 0) is 32.0 Å². The first-order valence-electron chi connectivity index (χ1n) is 8.24. The van der Waals surface area contributed by atoms with Gasteiger partial charge in [-0.15, -0.1) is 0 Å². The lowest BCUT2D eigenvalue weighted by molar-refractivity contribution is -0.191. The summed E-state index contributed by atoms with van der Waals surface area (Å²) in [5, 5.41) is 3.64.